The first-order valence-electron chi connectivity index (χ1n) is 16.0. The van der Waals surface area contributed by atoms with Crippen molar-refractivity contribution in [1.82, 2.24) is 9.97 Å². The molecule has 0 N–H and O–H groups in total. The molecule has 4 aromatic carbocycles. The number of amidine groups is 1. The van der Waals surface area contributed by atoms with Crippen LogP contribution in [-0.4, -0.2) is 35.2 Å². The van der Waals surface area contributed by atoms with E-state index >= 15 is 0 Å². The molecule has 222 valence electrons. The number of aromatic nitrogens is 2. The van der Waals surface area contributed by atoms with E-state index < -0.39 is 5.41 Å². The van der Waals surface area contributed by atoms with Gasteiger partial charge in [0, 0.05) is 29.4 Å². The van der Waals surface area contributed by atoms with Crippen LogP contribution in [0.2, 0.25) is 0 Å². The van der Waals surface area contributed by atoms with Crippen molar-refractivity contribution in [3.8, 4) is 0 Å². The average molecular weight is 590 g/mol. The summed E-state index contributed by atoms with van der Waals surface area (Å²) < 4.78 is 0. The van der Waals surface area contributed by atoms with Gasteiger partial charge in [-0.25, -0.2) is 15.0 Å². The van der Waals surface area contributed by atoms with Crippen molar-refractivity contribution < 1.29 is 0 Å². The lowest BCUT2D eigenvalue weighted by Crippen LogP contribution is -2.70. The van der Waals surface area contributed by atoms with Gasteiger partial charge in [0.1, 0.15) is 24.3 Å². The number of rotatable bonds is 4. The summed E-state index contributed by atoms with van der Waals surface area (Å²) in [5, 5.41) is 7.89. The van der Waals surface area contributed by atoms with Gasteiger partial charge in [0.15, 0.2) is 11.7 Å². The van der Waals surface area contributed by atoms with Gasteiger partial charge in [-0.05, 0) is 48.2 Å². The number of fused-ring (bicyclic) bond motifs is 11. The first kappa shape index (κ1) is 26.3. The zero-order chi connectivity index (χ0) is 30.3. The molecule has 1 spiro atoms. The van der Waals surface area contributed by atoms with E-state index in [9.17, 15) is 0 Å². The molecule has 5 heterocycles. The SMILES string of the molecule is CCC1(CC)C2N(N=C(c3ccccc3)N2c2ccccc2)c2ccccc2C12c1ccccc1N1c3cncnc3N(C)C12. The van der Waals surface area contributed by atoms with Crippen LogP contribution in [0.5, 0.6) is 0 Å². The van der Waals surface area contributed by atoms with E-state index in [1.54, 1.807) is 6.33 Å². The Morgan fingerprint density at radius 2 is 1.29 bits per heavy atom. The number of benzene rings is 4. The lowest BCUT2D eigenvalue weighted by atomic mass is 9.50. The molecule has 0 radical (unpaired) electrons. The molecule has 0 fully saturated rings. The highest BCUT2D eigenvalue weighted by Crippen LogP contribution is 2.71. The van der Waals surface area contributed by atoms with Crippen LogP contribution < -0.4 is 19.7 Å². The molecule has 3 atom stereocenters. The lowest BCUT2D eigenvalue weighted by molar-refractivity contribution is 0.0740. The van der Waals surface area contributed by atoms with Crippen molar-refractivity contribution in [3.63, 3.8) is 0 Å². The fourth-order valence-electron chi connectivity index (χ4n) is 9.27. The van der Waals surface area contributed by atoms with Crippen LogP contribution in [0.25, 0.3) is 0 Å². The fraction of sp³-hybridized carbons (Fsp3) is 0.237. The highest BCUT2D eigenvalue weighted by Gasteiger charge is 2.73. The molecule has 0 saturated heterocycles. The minimum Gasteiger partial charge on any atom is -0.336 e. The molecular weight excluding hydrogens is 554 g/mol. The van der Waals surface area contributed by atoms with Crippen molar-refractivity contribution in [2.75, 3.05) is 26.8 Å². The lowest BCUT2D eigenvalue weighted by Gasteiger charge is -2.61. The summed E-state index contributed by atoms with van der Waals surface area (Å²) in [5.74, 6) is 1.94. The van der Waals surface area contributed by atoms with E-state index in [4.69, 9.17) is 10.1 Å². The summed E-state index contributed by atoms with van der Waals surface area (Å²) in [6, 6.07) is 39.5. The number of hydrogen-bond acceptors (Lipinski definition) is 7. The number of likely N-dealkylation sites (N-methyl/N-ethyl adjacent to an activating group) is 1. The molecule has 0 amide bonds. The first-order valence-corrected chi connectivity index (χ1v) is 16.0. The maximum atomic E-state index is 5.55. The molecule has 9 rings (SSSR count). The molecule has 0 aliphatic carbocycles. The third kappa shape index (κ3) is 3.08. The van der Waals surface area contributed by atoms with Crippen LogP contribution in [0.4, 0.5) is 28.6 Å². The Morgan fingerprint density at radius 3 is 2.00 bits per heavy atom. The van der Waals surface area contributed by atoms with Gasteiger partial charge in [-0.2, -0.15) is 5.10 Å². The Balaban J connectivity index is 1.40. The molecule has 4 aliphatic heterocycles. The van der Waals surface area contributed by atoms with Crippen molar-refractivity contribution in [2.24, 2.45) is 10.5 Å². The number of anilines is 5. The van der Waals surface area contributed by atoms with E-state index in [1.807, 2.05) is 6.20 Å². The molecule has 7 heteroatoms. The molecule has 4 aliphatic rings. The van der Waals surface area contributed by atoms with Crippen molar-refractivity contribution >= 4 is 34.4 Å². The molecule has 45 heavy (non-hydrogen) atoms. The molecule has 7 nitrogen and oxygen atoms in total. The molecule has 5 aromatic rings. The third-order valence-corrected chi connectivity index (χ3v) is 10.9. The van der Waals surface area contributed by atoms with Gasteiger partial charge in [0.05, 0.1) is 17.3 Å². The molecule has 0 saturated carbocycles. The van der Waals surface area contributed by atoms with Gasteiger partial charge < -0.3 is 14.7 Å². The first-order chi connectivity index (χ1) is 22.2. The predicted octanol–water partition coefficient (Wildman–Crippen LogP) is 7.52. The summed E-state index contributed by atoms with van der Waals surface area (Å²) in [5.41, 5.74) is 7.62. The van der Waals surface area contributed by atoms with Crippen molar-refractivity contribution in [3.05, 3.63) is 138 Å². The summed E-state index contributed by atoms with van der Waals surface area (Å²) in [6.07, 6.45) is 5.41. The monoisotopic (exact) mass is 589 g/mol. The number of nitrogens with zero attached hydrogens (tertiary/aromatic N) is 7. The van der Waals surface area contributed by atoms with Crippen LogP contribution in [0.1, 0.15) is 43.4 Å². The maximum Gasteiger partial charge on any atom is 0.162 e. The smallest absolute Gasteiger partial charge is 0.162 e. The highest BCUT2D eigenvalue weighted by atomic mass is 15.6. The largest absolute Gasteiger partial charge is 0.336 e. The van der Waals surface area contributed by atoms with Gasteiger partial charge in [-0.15, -0.1) is 0 Å². The molecule has 1 aromatic heterocycles. The summed E-state index contributed by atoms with van der Waals surface area (Å²) in [6.45, 7) is 4.77. The van der Waals surface area contributed by atoms with E-state index in [0.29, 0.717) is 0 Å². The Kier molecular flexibility index (Phi) is 5.49. The normalized spacial score (nSPS) is 23.4. The molecular formula is C38H35N7. The maximum absolute atomic E-state index is 5.55. The number of hydrogen-bond donors (Lipinski definition) is 0. The zero-order valence-electron chi connectivity index (χ0n) is 25.7. The summed E-state index contributed by atoms with van der Waals surface area (Å²) in [7, 11) is 2.21. The van der Waals surface area contributed by atoms with Gasteiger partial charge >= 0.3 is 0 Å². The quantitative estimate of drug-likeness (QED) is 0.216. The van der Waals surface area contributed by atoms with Crippen LogP contribution in [0.3, 0.4) is 0 Å². The van der Waals surface area contributed by atoms with Crippen LogP contribution in [-0.2, 0) is 5.41 Å². The van der Waals surface area contributed by atoms with Gasteiger partial charge in [-0.3, -0.25) is 0 Å². The number of para-hydroxylation sites is 3. The van der Waals surface area contributed by atoms with E-state index in [1.165, 1.54) is 16.8 Å². The topological polar surface area (TPSA) is 51.1 Å². The molecule has 3 unspecified atom stereocenters. The van der Waals surface area contributed by atoms with Crippen LogP contribution in [0, 0.1) is 5.41 Å². The standard InChI is InChI=1S/C38H35N7/c1-4-37(5-2)35-43(27-18-10-7-11-19-27)33(26-16-8-6-9-17-26)41-45(35)31-23-15-13-21-29(31)38(37)28-20-12-14-22-30(28)44-32-24-39-25-40-34(32)42(3)36(38)44/h6-25,35-36H,4-5H2,1-3H3. The average Bonchev–Trinajstić information content (AvgIpc) is 3.75. The minimum absolute atomic E-state index is 0.0387. The fourth-order valence-corrected chi connectivity index (χ4v) is 9.27. The summed E-state index contributed by atoms with van der Waals surface area (Å²) >= 11 is 0. The van der Waals surface area contributed by atoms with Crippen LogP contribution >= 0.6 is 0 Å². The highest BCUT2D eigenvalue weighted by molar-refractivity contribution is 6.13. The van der Waals surface area contributed by atoms with Gasteiger partial charge in [0.25, 0.3) is 0 Å². The van der Waals surface area contributed by atoms with Gasteiger partial charge in [0.2, 0.25) is 0 Å². The third-order valence-electron chi connectivity index (χ3n) is 10.9. The minimum atomic E-state index is -0.436. The van der Waals surface area contributed by atoms with E-state index in [-0.39, 0.29) is 17.7 Å². The van der Waals surface area contributed by atoms with Crippen LogP contribution in [0.15, 0.2) is 127 Å². The van der Waals surface area contributed by atoms with E-state index in [2.05, 4.69) is 155 Å². The summed E-state index contributed by atoms with van der Waals surface area (Å²) in [4.78, 5) is 16.8. The zero-order valence-corrected chi connectivity index (χ0v) is 25.7. The Hall–Kier alpha value is -5.17. The van der Waals surface area contributed by atoms with Gasteiger partial charge in [-0.1, -0.05) is 98.8 Å². The Labute approximate surface area is 264 Å². The van der Waals surface area contributed by atoms with E-state index in [0.717, 1.165) is 47.1 Å². The predicted molar refractivity (Wildman–Crippen MR) is 181 cm³/mol. The Bertz CT molecular complexity index is 1950. The second kappa shape index (κ2) is 9.41. The second-order valence-electron chi connectivity index (χ2n) is 12.5. The van der Waals surface area contributed by atoms with Crippen molar-refractivity contribution in [1.29, 1.82) is 0 Å². The Morgan fingerprint density at radius 1 is 0.667 bits per heavy atom. The number of hydrazone groups is 1. The second-order valence-corrected chi connectivity index (χ2v) is 12.5. The van der Waals surface area contributed by atoms with Crippen molar-refractivity contribution in [2.45, 2.75) is 44.4 Å². The molecule has 0 bridgehead atoms.